The number of halogens is 4. The number of aromatic nitrogens is 1. The van der Waals surface area contributed by atoms with Crippen molar-refractivity contribution in [1.29, 1.82) is 0 Å². The van der Waals surface area contributed by atoms with Crippen molar-refractivity contribution >= 4 is 58.0 Å². The zero-order chi connectivity index (χ0) is 26.5. The highest BCUT2D eigenvalue weighted by Crippen LogP contribution is 2.34. The predicted octanol–water partition coefficient (Wildman–Crippen LogP) is 5.14. The second-order valence-corrected chi connectivity index (χ2v) is 8.94. The first-order valence-corrected chi connectivity index (χ1v) is 12.2. The summed E-state index contributed by atoms with van der Waals surface area (Å²) < 4.78 is 24.7. The molecule has 0 saturated heterocycles. The Morgan fingerprint density at radius 1 is 1.14 bits per heavy atom. The number of benzene rings is 2. The molecule has 12 heteroatoms. The predicted molar refractivity (Wildman–Crippen MR) is 140 cm³/mol. The molecule has 0 saturated carbocycles. The van der Waals surface area contributed by atoms with Crippen LogP contribution in [0.2, 0.25) is 15.1 Å². The first-order valence-electron chi connectivity index (χ1n) is 11.1. The smallest absolute Gasteiger partial charge is 0.269 e. The van der Waals surface area contributed by atoms with Crippen LogP contribution in [0.4, 0.5) is 10.1 Å². The van der Waals surface area contributed by atoms with Crippen LogP contribution in [0.1, 0.15) is 28.4 Å². The summed E-state index contributed by atoms with van der Waals surface area (Å²) in [5, 5.41) is 5.96. The van der Waals surface area contributed by atoms with Crippen molar-refractivity contribution in [3.8, 4) is 5.88 Å². The van der Waals surface area contributed by atoms with Gasteiger partial charge in [-0.05, 0) is 31.2 Å². The number of aliphatic imine (C=N–C) groups is 1. The molecule has 1 aromatic heterocycles. The van der Waals surface area contributed by atoms with Crippen LogP contribution in [0.5, 0.6) is 5.88 Å². The maximum Gasteiger partial charge on any atom is 0.269 e. The van der Waals surface area contributed by atoms with Gasteiger partial charge in [0.2, 0.25) is 12.0 Å². The lowest BCUT2D eigenvalue weighted by molar-refractivity contribution is -0.117. The highest BCUT2D eigenvalue weighted by atomic mass is 35.5. The zero-order valence-electron chi connectivity index (χ0n) is 19.4. The molecular formula is C25H20Cl3FN4O4. The van der Waals surface area contributed by atoms with Gasteiger partial charge in [-0.25, -0.2) is 14.4 Å². The molecule has 37 heavy (non-hydrogen) atoms. The highest BCUT2D eigenvalue weighted by Gasteiger charge is 2.30. The van der Waals surface area contributed by atoms with Crippen LogP contribution < -0.4 is 15.4 Å². The fourth-order valence-electron chi connectivity index (χ4n) is 3.57. The number of ether oxygens (including phenoxy) is 2. The summed E-state index contributed by atoms with van der Waals surface area (Å²) >= 11 is 19.0. The Hall–Kier alpha value is -3.24. The molecule has 4 rings (SSSR count). The third-order valence-corrected chi connectivity index (χ3v) is 6.01. The summed E-state index contributed by atoms with van der Waals surface area (Å²) in [6, 6.07) is 10.8. The summed E-state index contributed by atoms with van der Waals surface area (Å²) in [7, 11) is 0. The van der Waals surface area contributed by atoms with Gasteiger partial charge < -0.3 is 20.1 Å². The lowest BCUT2D eigenvalue weighted by Gasteiger charge is -2.16. The Labute approximate surface area is 226 Å². The number of nitrogens with one attached hydrogen (secondary N) is 2. The van der Waals surface area contributed by atoms with Gasteiger partial charge in [0, 0.05) is 22.8 Å². The molecule has 0 radical (unpaired) electrons. The van der Waals surface area contributed by atoms with Crippen molar-refractivity contribution in [2.24, 2.45) is 4.99 Å². The lowest BCUT2D eigenvalue weighted by atomic mass is 10.0. The van der Waals surface area contributed by atoms with E-state index < -0.39 is 23.8 Å². The summed E-state index contributed by atoms with van der Waals surface area (Å²) in [5.41, 5.74) is 1.30. The number of nitrogens with zero attached hydrogens (tertiary/aromatic N) is 2. The van der Waals surface area contributed by atoms with Gasteiger partial charge in [-0.2, -0.15) is 0 Å². The Morgan fingerprint density at radius 3 is 2.59 bits per heavy atom. The molecule has 1 aliphatic heterocycles. The van der Waals surface area contributed by atoms with Crippen molar-refractivity contribution in [1.82, 2.24) is 10.3 Å². The molecule has 0 aliphatic carbocycles. The van der Waals surface area contributed by atoms with E-state index in [0.29, 0.717) is 28.4 Å². The maximum atomic E-state index is 14.0. The van der Waals surface area contributed by atoms with Crippen LogP contribution in [0, 0.1) is 5.82 Å². The molecule has 1 atom stereocenters. The minimum absolute atomic E-state index is 0.0852. The van der Waals surface area contributed by atoms with E-state index >= 15 is 0 Å². The minimum Gasteiger partial charge on any atom is -0.475 e. The average Bonchev–Trinajstić information content (AvgIpc) is 2.98. The monoisotopic (exact) mass is 564 g/mol. The Morgan fingerprint density at radius 2 is 1.86 bits per heavy atom. The third kappa shape index (κ3) is 6.19. The maximum absolute atomic E-state index is 14.0. The number of para-hydroxylation sites is 1. The van der Waals surface area contributed by atoms with E-state index in [9.17, 15) is 14.0 Å². The zero-order valence-corrected chi connectivity index (χ0v) is 21.6. The SMILES string of the molecule is CCOCCOc1ncc(F)cc1C(=O)NC1N=C(c2c(Cl)cc(Cl)cc2Cl)c2ccccc2NC1=O. The normalized spacial score (nSPS) is 14.8. The largest absolute Gasteiger partial charge is 0.475 e. The number of hydrogen-bond donors (Lipinski definition) is 2. The average molecular weight is 566 g/mol. The van der Waals surface area contributed by atoms with Crippen LogP contribution >= 0.6 is 34.8 Å². The molecule has 1 aliphatic rings. The number of rotatable bonds is 8. The first kappa shape index (κ1) is 26.8. The Balaban J connectivity index is 1.72. The van der Waals surface area contributed by atoms with E-state index in [1.165, 1.54) is 12.1 Å². The molecule has 2 aromatic carbocycles. The topological polar surface area (TPSA) is 102 Å². The molecule has 2 amide bonds. The van der Waals surface area contributed by atoms with Gasteiger partial charge in [-0.15, -0.1) is 0 Å². The molecule has 0 spiro atoms. The fourth-order valence-corrected chi connectivity index (χ4v) is 4.57. The molecule has 1 unspecified atom stereocenters. The van der Waals surface area contributed by atoms with Crippen LogP contribution in [0.25, 0.3) is 0 Å². The van der Waals surface area contributed by atoms with E-state index in [4.69, 9.17) is 44.3 Å². The number of benzodiazepines with no additional fused rings is 1. The molecule has 2 N–H and O–H groups in total. The van der Waals surface area contributed by atoms with Crippen LogP contribution in [0.3, 0.4) is 0 Å². The number of hydrogen-bond acceptors (Lipinski definition) is 6. The van der Waals surface area contributed by atoms with Gasteiger partial charge in [-0.3, -0.25) is 9.59 Å². The van der Waals surface area contributed by atoms with Gasteiger partial charge in [-0.1, -0.05) is 53.0 Å². The van der Waals surface area contributed by atoms with Crippen LogP contribution in [-0.4, -0.2) is 48.5 Å². The first-order chi connectivity index (χ1) is 17.8. The number of fused-ring (bicyclic) bond motifs is 1. The quantitative estimate of drug-likeness (QED) is 0.368. The second kappa shape index (κ2) is 11.9. The van der Waals surface area contributed by atoms with Gasteiger partial charge in [0.1, 0.15) is 18.0 Å². The molecule has 3 aromatic rings. The molecule has 0 fully saturated rings. The third-order valence-electron chi connectivity index (χ3n) is 5.19. The summed E-state index contributed by atoms with van der Waals surface area (Å²) in [5.74, 6) is -2.35. The second-order valence-electron chi connectivity index (χ2n) is 7.68. The Kier molecular flexibility index (Phi) is 8.60. The van der Waals surface area contributed by atoms with E-state index in [0.717, 1.165) is 12.3 Å². The standard InChI is InChI=1S/C25H20Cl3FN4O4/c1-2-36-7-8-37-25-16(11-14(29)12-30-25)23(34)33-22-24(35)31-19-6-4-3-5-15(19)21(32-22)20-17(27)9-13(26)10-18(20)28/h3-6,9-12,22H,2,7-8H2,1H3,(H,31,35)(H,33,34). The molecular weight excluding hydrogens is 546 g/mol. The fraction of sp³-hybridized carbons (Fsp3) is 0.200. The van der Waals surface area contributed by atoms with Gasteiger partial charge in [0.25, 0.3) is 11.8 Å². The van der Waals surface area contributed by atoms with Gasteiger partial charge >= 0.3 is 0 Å². The van der Waals surface area contributed by atoms with Crippen molar-refractivity contribution in [3.05, 3.63) is 86.2 Å². The number of amides is 2. The van der Waals surface area contributed by atoms with Gasteiger partial charge in [0.15, 0.2) is 0 Å². The van der Waals surface area contributed by atoms with Gasteiger partial charge in [0.05, 0.1) is 34.2 Å². The van der Waals surface area contributed by atoms with E-state index in [1.807, 2.05) is 6.92 Å². The number of carbonyl (C=O) groups is 2. The minimum atomic E-state index is -1.43. The van der Waals surface area contributed by atoms with Crippen molar-refractivity contribution in [2.45, 2.75) is 13.1 Å². The highest BCUT2D eigenvalue weighted by molar-refractivity contribution is 6.44. The van der Waals surface area contributed by atoms with Crippen LogP contribution in [-0.2, 0) is 9.53 Å². The lowest BCUT2D eigenvalue weighted by Crippen LogP contribution is -2.42. The van der Waals surface area contributed by atoms with Crippen molar-refractivity contribution in [3.63, 3.8) is 0 Å². The Bertz CT molecular complexity index is 1360. The van der Waals surface area contributed by atoms with E-state index in [2.05, 4.69) is 20.6 Å². The van der Waals surface area contributed by atoms with Crippen LogP contribution in [0.15, 0.2) is 53.7 Å². The summed E-state index contributed by atoms with van der Waals surface area (Å²) in [6.45, 7) is 2.64. The summed E-state index contributed by atoms with van der Waals surface area (Å²) in [6.07, 6.45) is -0.514. The molecule has 192 valence electrons. The number of pyridine rings is 1. The number of anilines is 1. The van der Waals surface area contributed by atoms with Crippen molar-refractivity contribution < 1.29 is 23.5 Å². The number of carbonyl (C=O) groups excluding carboxylic acids is 2. The van der Waals surface area contributed by atoms with E-state index in [1.54, 1.807) is 24.3 Å². The van der Waals surface area contributed by atoms with E-state index in [-0.39, 0.29) is 40.4 Å². The molecule has 0 bridgehead atoms. The summed E-state index contributed by atoms with van der Waals surface area (Å²) in [4.78, 5) is 34.6. The van der Waals surface area contributed by atoms with Crippen molar-refractivity contribution in [2.75, 3.05) is 25.1 Å². The molecule has 8 nitrogen and oxygen atoms in total. The molecule has 2 heterocycles.